The van der Waals surface area contributed by atoms with Gasteiger partial charge in [-0.05, 0) is 37.1 Å². The monoisotopic (exact) mass is 331 g/mol. The van der Waals surface area contributed by atoms with E-state index in [0.29, 0.717) is 17.8 Å². The second-order valence-corrected chi connectivity index (χ2v) is 6.95. The highest BCUT2D eigenvalue weighted by molar-refractivity contribution is 7.13. The number of anilines is 2. The first kappa shape index (κ1) is 14.8. The minimum atomic E-state index is 0.193. The Morgan fingerprint density at radius 1 is 1.26 bits per heavy atom. The second kappa shape index (κ2) is 6.37. The van der Waals surface area contributed by atoms with Gasteiger partial charge in [0.25, 0.3) is 0 Å². The van der Waals surface area contributed by atoms with Gasteiger partial charge >= 0.3 is 0 Å². The normalized spacial score (nSPS) is 24.3. The standard InChI is InChI=1S/C17H21N3O2S/c18-17-19-15(11-23-17)16-2-1-8-20(16)12-3-5-13(6-4-12)22-14-7-9-21-10-14/h3-6,11,14,16H,1-2,7-10H2,(H2,18,19)/t14-,16-/m1/s1. The molecule has 4 rings (SSSR count). The molecule has 0 spiro atoms. The Morgan fingerprint density at radius 3 is 2.83 bits per heavy atom. The Bertz CT molecular complexity index is 652. The third-order valence-electron chi connectivity index (χ3n) is 4.49. The van der Waals surface area contributed by atoms with E-state index in [1.807, 2.05) is 0 Å². The highest BCUT2D eigenvalue weighted by Gasteiger charge is 2.28. The summed E-state index contributed by atoms with van der Waals surface area (Å²) in [6.45, 7) is 2.55. The molecule has 6 heteroatoms. The van der Waals surface area contributed by atoms with Crippen molar-refractivity contribution < 1.29 is 9.47 Å². The molecule has 2 aliphatic heterocycles. The van der Waals surface area contributed by atoms with Crippen LogP contribution >= 0.6 is 11.3 Å². The first-order chi connectivity index (χ1) is 11.3. The molecule has 1 aromatic heterocycles. The number of nitrogens with zero attached hydrogens (tertiary/aromatic N) is 2. The van der Waals surface area contributed by atoms with Crippen LogP contribution in [0.15, 0.2) is 29.6 Å². The van der Waals surface area contributed by atoms with Gasteiger partial charge in [0.2, 0.25) is 0 Å². The molecule has 0 unspecified atom stereocenters. The Balaban J connectivity index is 1.48. The summed E-state index contributed by atoms with van der Waals surface area (Å²) >= 11 is 1.52. The van der Waals surface area contributed by atoms with Gasteiger partial charge in [0.05, 0.1) is 24.9 Å². The zero-order valence-electron chi connectivity index (χ0n) is 13.0. The minimum Gasteiger partial charge on any atom is -0.488 e. The number of hydrogen-bond donors (Lipinski definition) is 1. The van der Waals surface area contributed by atoms with Gasteiger partial charge in [-0.25, -0.2) is 4.98 Å². The third-order valence-corrected chi connectivity index (χ3v) is 5.19. The van der Waals surface area contributed by atoms with Gasteiger partial charge in [0.15, 0.2) is 5.13 Å². The highest BCUT2D eigenvalue weighted by atomic mass is 32.1. The summed E-state index contributed by atoms with van der Waals surface area (Å²) in [5.41, 5.74) is 8.10. The van der Waals surface area contributed by atoms with E-state index < -0.39 is 0 Å². The molecule has 0 amide bonds. The van der Waals surface area contributed by atoms with Gasteiger partial charge in [0.1, 0.15) is 11.9 Å². The predicted octanol–water partition coefficient (Wildman–Crippen LogP) is 3.23. The quantitative estimate of drug-likeness (QED) is 0.932. The highest BCUT2D eigenvalue weighted by Crippen LogP contribution is 2.37. The molecular formula is C17H21N3O2S. The van der Waals surface area contributed by atoms with Crippen molar-refractivity contribution in [3.05, 3.63) is 35.3 Å². The maximum absolute atomic E-state index is 5.94. The molecule has 23 heavy (non-hydrogen) atoms. The van der Waals surface area contributed by atoms with Crippen LogP contribution in [-0.4, -0.2) is 30.8 Å². The molecule has 2 aromatic rings. The molecule has 122 valence electrons. The molecule has 0 aliphatic carbocycles. The van der Waals surface area contributed by atoms with Crippen molar-refractivity contribution in [1.82, 2.24) is 4.98 Å². The lowest BCUT2D eigenvalue weighted by molar-refractivity contribution is 0.141. The van der Waals surface area contributed by atoms with Crippen LogP contribution in [0, 0.1) is 0 Å². The smallest absolute Gasteiger partial charge is 0.180 e. The Labute approximate surface area is 140 Å². The largest absolute Gasteiger partial charge is 0.488 e. The summed E-state index contributed by atoms with van der Waals surface area (Å²) in [6.07, 6.45) is 3.47. The van der Waals surface area contributed by atoms with Gasteiger partial charge < -0.3 is 20.1 Å². The molecule has 0 radical (unpaired) electrons. The van der Waals surface area contributed by atoms with E-state index in [2.05, 4.69) is 39.5 Å². The summed E-state index contributed by atoms with van der Waals surface area (Å²) in [6, 6.07) is 8.72. The number of aromatic nitrogens is 1. The van der Waals surface area contributed by atoms with E-state index in [4.69, 9.17) is 15.2 Å². The number of hydrogen-bond acceptors (Lipinski definition) is 6. The van der Waals surface area contributed by atoms with E-state index in [1.165, 1.54) is 23.4 Å². The van der Waals surface area contributed by atoms with E-state index in [-0.39, 0.29) is 6.10 Å². The third kappa shape index (κ3) is 3.14. The number of ether oxygens (including phenoxy) is 2. The van der Waals surface area contributed by atoms with Crippen LogP contribution in [-0.2, 0) is 4.74 Å². The molecule has 2 saturated heterocycles. The van der Waals surface area contributed by atoms with Crippen molar-refractivity contribution >= 4 is 22.2 Å². The second-order valence-electron chi connectivity index (χ2n) is 6.06. The average Bonchev–Trinajstić information content (AvgIpc) is 3.29. The number of thiazole rings is 1. The molecule has 3 heterocycles. The molecular weight excluding hydrogens is 310 g/mol. The van der Waals surface area contributed by atoms with Crippen LogP contribution in [0.2, 0.25) is 0 Å². The fourth-order valence-electron chi connectivity index (χ4n) is 3.35. The van der Waals surface area contributed by atoms with Crippen LogP contribution in [0.25, 0.3) is 0 Å². The Hall–Kier alpha value is -1.79. The minimum absolute atomic E-state index is 0.193. The predicted molar refractivity (Wildman–Crippen MR) is 92.1 cm³/mol. The molecule has 2 atom stereocenters. The summed E-state index contributed by atoms with van der Waals surface area (Å²) in [7, 11) is 0. The van der Waals surface area contributed by atoms with Gasteiger partial charge in [0, 0.05) is 24.0 Å². The fourth-order valence-corrected chi connectivity index (χ4v) is 3.96. The van der Waals surface area contributed by atoms with Crippen molar-refractivity contribution in [2.75, 3.05) is 30.4 Å². The Morgan fingerprint density at radius 2 is 2.13 bits per heavy atom. The van der Waals surface area contributed by atoms with Crippen LogP contribution in [0.3, 0.4) is 0 Å². The van der Waals surface area contributed by atoms with Crippen LogP contribution in [0.1, 0.15) is 31.0 Å². The zero-order chi connectivity index (χ0) is 15.6. The van der Waals surface area contributed by atoms with E-state index in [0.717, 1.165) is 37.4 Å². The van der Waals surface area contributed by atoms with Crippen molar-refractivity contribution in [1.29, 1.82) is 0 Å². The zero-order valence-corrected chi connectivity index (χ0v) is 13.8. The van der Waals surface area contributed by atoms with Gasteiger partial charge in [-0.1, -0.05) is 0 Å². The Kier molecular flexibility index (Phi) is 4.10. The molecule has 0 bridgehead atoms. The maximum atomic E-state index is 5.94. The topological polar surface area (TPSA) is 60.6 Å². The summed E-state index contributed by atoms with van der Waals surface area (Å²) in [4.78, 5) is 6.88. The van der Waals surface area contributed by atoms with E-state index in [9.17, 15) is 0 Å². The molecule has 2 N–H and O–H groups in total. The lowest BCUT2D eigenvalue weighted by Gasteiger charge is -2.26. The number of nitrogen functional groups attached to an aromatic ring is 1. The number of nitrogens with two attached hydrogens (primary N) is 1. The summed E-state index contributed by atoms with van der Waals surface area (Å²) in [5.74, 6) is 0.915. The maximum Gasteiger partial charge on any atom is 0.180 e. The molecule has 0 saturated carbocycles. The fraction of sp³-hybridized carbons (Fsp3) is 0.471. The van der Waals surface area contributed by atoms with Crippen LogP contribution < -0.4 is 15.4 Å². The van der Waals surface area contributed by atoms with Gasteiger partial charge in [-0.15, -0.1) is 11.3 Å². The number of benzene rings is 1. The van der Waals surface area contributed by atoms with E-state index in [1.54, 1.807) is 0 Å². The van der Waals surface area contributed by atoms with Crippen molar-refractivity contribution in [2.45, 2.75) is 31.4 Å². The molecule has 1 aromatic carbocycles. The molecule has 2 aliphatic rings. The van der Waals surface area contributed by atoms with Crippen molar-refractivity contribution in [3.63, 3.8) is 0 Å². The van der Waals surface area contributed by atoms with Gasteiger partial charge in [-0.3, -0.25) is 0 Å². The lowest BCUT2D eigenvalue weighted by Crippen LogP contribution is -2.22. The van der Waals surface area contributed by atoms with Gasteiger partial charge in [-0.2, -0.15) is 0 Å². The van der Waals surface area contributed by atoms with E-state index >= 15 is 0 Å². The SMILES string of the molecule is Nc1nc([C@H]2CCCN2c2ccc(O[C@@H]3CCOC3)cc2)cs1. The average molecular weight is 331 g/mol. The van der Waals surface area contributed by atoms with Crippen molar-refractivity contribution in [2.24, 2.45) is 0 Å². The molecule has 5 nitrogen and oxygen atoms in total. The summed E-state index contributed by atoms with van der Waals surface area (Å²) in [5, 5.41) is 2.73. The van der Waals surface area contributed by atoms with Crippen LogP contribution in [0.4, 0.5) is 10.8 Å². The van der Waals surface area contributed by atoms with Crippen molar-refractivity contribution in [3.8, 4) is 5.75 Å². The first-order valence-corrected chi connectivity index (χ1v) is 8.99. The lowest BCUT2D eigenvalue weighted by atomic mass is 10.1. The molecule has 2 fully saturated rings. The summed E-state index contributed by atoms with van der Waals surface area (Å²) < 4.78 is 11.3. The van der Waals surface area contributed by atoms with Crippen LogP contribution in [0.5, 0.6) is 5.75 Å². The number of rotatable bonds is 4. The first-order valence-electron chi connectivity index (χ1n) is 8.11.